The number of nitrogens with one attached hydrogen (secondary N) is 1. The third kappa shape index (κ3) is 4.66. The van der Waals surface area contributed by atoms with Gasteiger partial charge < -0.3 is 15.8 Å². The summed E-state index contributed by atoms with van der Waals surface area (Å²) in [6.07, 6.45) is 3.03. The standard InChI is InChI=1S/C18H24N2O3/c1-3-23-18(22)15-10-14(9-13-7-5-4-6-8-13)17(16(19)11-15)20-12(2)21/h4-8,10,14,16-17H,3,9,11,19H2,1-2H3,(H,20,21)/t14-,16+,17+/m1/s1. The molecule has 0 bridgehead atoms. The third-order valence-electron chi connectivity index (χ3n) is 4.02. The van der Waals surface area contributed by atoms with Crippen LogP contribution in [0.5, 0.6) is 0 Å². The summed E-state index contributed by atoms with van der Waals surface area (Å²) in [7, 11) is 0. The van der Waals surface area contributed by atoms with Crippen LogP contribution in [0.3, 0.4) is 0 Å². The van der Waals surface area contributed by atoms with Crippen LogP contribution in [0, 0.1) is 5.92 Å². The second-order valence-electron chi connectivity index (χ2n) is 5.86. The van der Waals surface area contributed by atoms with E-state index in [0.29, 0.717) is 25.0 Å². The molecule has 0 heterocycles. The van der Waals surface area contributed by atoms with E-state index < -0.39 is 0 Å². The molecule has 124 valence electrons. The first-order valence-corrected chi connectivity index (χ1v) is 7.95. The molecule has 2 rings (SSSR count). The van der Waals surface area contributed by atoms with Crippen LogP contribution in [0.4, 0.5) is 0 Å². The van der Waals surface area contributed by atoms with Gasteiger partial charge in [0.15, 0.2) is 0 Å². The molecule has 0 unspecified atom stereocenters. The quantitative estimate of drug-likeness (QED) is 0.808. The van der Waals surface area contributed by atoms with Gasteiger partial charge in [-0.1, -0.05) is 36.4 Å². The molecule has 1 aromatic rings. The van der Waals surface area contributed by atoms with Gasteiger partial charge in [-0.15, -0.1) is 0 Å². The molecule has 0 fully saturated rings. The fourth-order valence-corrected chi connectivity index (χ4v) is 3.02. The lowest BCUT2D eigenvalue weighted by atomic mass is 9.79. The molecule has 1 aliphatic carbocycles. The normalized spacial score (nSPS) is 23.8. The van der Waals surface area contributed by atoms with Gasteiger partial charge in [-0.2, -0.15) is 0 Å². The zero-order valence-electron chi connectivity index (χ0n) is 13.6. The highest BCUT2D eigenvalue weighted by Gasteiger charge is 2.34. The zero-order valence-corrected chi connectivity index (χ0v) is 13.6. The molecular weight excluding hydrogens is 292 g/mol. The molecule has 5 nitrogen and oxygen atoms in total. The van der Waals surface area contributed by atoms with Crippen molar-refractivity contribution in [3.8, 4) is 0 Å². The molecule has 23 heavy (non-hydrogen) atoms. The van der Waals surface area contributed by atoms with Gasteiger partial charge in [-0.05, 0) is 25.3 Å². The summed E-state index contributed by atoms with van der Waals surface area (Å²) in [5.74, 6) is -0.469. The van der Waals surface area contributed by atoms with Crippen LogP contribution in [0.2, 0.25) is 0 Å². The number of rotatable bonds is 5. The van der Waals surface area contributed by atoms with Gasteiger partial charge in [-0.25, -0.2) is 4.79 Å². The van der Waals surface area contributed by atoms with E-state index >= 15 is 0 Å². The van der Waals surface area contributed by atoms with Gasteiger partial charge in [0.25, 0.3) is 0 Å². The Morgan fingerprint density at radius 3 is 2.61 bits per heavy atom. The maximum absolute atomic E-state index is 12.0. The molecule has 0 aliphatic heterocycles. The van der Waals surface area contributed by atoms with E-state index in [9.17, 15) is 9.59 Å². The van der Waals surface area contributed by atoms with Crippen molar-refractivity contribution < 1.29 is 14.3 Å². The summed E-state index contributed by atoms with van der Waals surface area (Å²) in [6.45, 7) is 3.60. The van der Waals surface area contributed by atoms with Crippen molar-refractivity contribution >= 4 is 11.9 Å². The van der Waals surface area contributed by atoms with Crippen molar-refractivity contribution in [2.75, 3.05) is 6.61 Å². The fourth-order valence-electron chi connectivity index (χ4n) is 3.02. The van der Waals surface area contributed by atoms with Gasteiger partial charge >= 0.3 is 5.97 Å². The van der Waals surface area contributed by atoms with Gasteiger partial charge in [0.2, 0.25) is 5.91 Å². The highest BCUT2D eigenvalue weighted by atomic mass is 16.5. The first-order chi connectivity index (χ1) is 11.0. The van der Waals surface area contributed by atoms with E-state index in [-0.39, 0.29) is 29.9 Å². The van der Waals surface area contributed by atoms with Crippen molar-refractivity contribution in [2.45, 2.75) is 38.8 Å². The van der Waals surface area contributed by atoms with Crippen molar-refractivity contribution in [1.29, 1.82) is 0 Å². The minimum absolute atomic E-state index is 0.0375. The van der Waals surface area contributed by atoms with E-state index in [1.54, 1.807) is 6.92 Å². The average molecular weight is 316 g/mol. The molecule has 1 amide bonds. The van der Waals surface area contributed by atoms with E-state index in [4.69, 9.17) is 10.5 Å². The highest BCUT2D eigenvalue weighted by Crippen LogP contribution is 2.27. The molecule has 3 N–H and O–H groups in total. The smallest absolute Gasteiger partial charge is 0.333 e. The third-order valence-corrected chi connectivity index (χ3v) is 4.02. The minimum atomic E-state index is -0.317. The molecule has 0 saturated heterocycles. The van der Waals surface area contributed by atoms with Crippen LogP contribution in [0.25, 0.3) is 0 Å². The second-order valence-corrected chi connectivity index (χ2v) is 5.86. The van der Waals surface area contributed by atoms with Crippen molar-refractivity contribution in [3.05, 3.63) is 47.5 Å². The van der Waals surface area contributed by atoms with Gasteiger partial charge in [0.1, 0.15) is 0 Å². The van der Waals surface area contributed by atoms with Crippen LogP contribution >= 0.6 is 0 Å². The summed E-state index contributed by atoms with van der Waals surface area (Å²) in [5, 5.41) is 2.93. The summed E-state index contributed by atoms with van der Waals surface area (Å²) in [4.78, 5) is 23.5. The predicted octanol–water partition coefficient (Wildman–Crippen LogP) is 1.57. The van der Waals surface area contributed by atoms with Crippen LogP contribution in [0.1, 0.15) is 25.8 Å². The van der Waals surface area contributed by atoms with Crippen LogP contribution < -0.4 is 11.1 Å². The van der Waals surface area contributed by atoms with Crippen molar-refractivity contribution in [2.24, 2.45) is 11.7 Å². The number of amides is 1. The Hall–Kier alpha value is -2.14. The summed E-state index contributed by atoms with van der Waals surface area (Å²) < 4.78 is 5.09. The van der Waals surface area contributed by atoms with Gasteiger partial charge in [0, 0.05) is 24.5 Å². The van der Waals surface area contributed by atoms with E-state index in [2.05, 4.69) is 5.32 Å². The number of nitrogens with two attached hydrogens (primary N) is 1. The molecule has 3 atom stereocenters. The topological polar surface area (TPSA) is 81.4 Å². The Morgan fingerprint density at radius 1 is 1.30 bits per heavy atom. The summed E-state index contributed by atoms with van der Waals surface area (Å²) >= 11 is 0. The molecule has 5 heteroatoms. The molecule has 0 aromatic heterocycles. The second kappa shape index (κ2) is 7.92. The number of benzene rings is 1. The number of ether oxygens (including phenoxy) is 1. The Labute approximate surface area is 136 Å². The maximum atomic E-state index is 12.0. The number of hydrogen-bond donors (Lipinski definition) is 2. The Bertz CT molecular complexity index is 583. The first kappa shape index (κ1) is 17.2. The largest absolute Gasteiger partial charge is 0.463 e. The summed E-state index contributed by atoms with van der Waals surface area (Å²) in [5.41, 5.74) is 7.97. The van der Waals surface area contributed by atoms with Crippen LogP contribution in [0.15, 0.2) is 42.0 Å². The Balaban J connectivity index is 2.25. The van der Waals surface area contributed by atoms with E-state index in [1.165, 1.54) is 6.92 Å². The highest BCUT2D eigenvalue weighted by molar-refractivity contribution is 5.89. The van der Waals surface area contributed by atoms with E-state index in [1.807, 2.05) is 36.4 Å². The molecule has 1 aromatic carbocycles. The molecule has 0 spiro atoms. The SMILES string of the molecule is CCOC(=O)C1=C[C@@H](Cc2ccccc2)[C@H](NC(C)=O)[C@@H](N)C1. The van der Waals surface area contributed by atoms with Crippen molar-refractivity contribution in [1.82, 2.24) is 5.32 Å². The number of hydrogen-bond acceptors (Lipinski definition) is 4. The fraction of sp³-hybridized carbons (Fsp3) is 0.444. The number of carbonyl (C=O) groups excluding carboxylic acids is 2. The first-order valence-electron chi connectivity index (χ1n) is 7.95. The summed E-state index contributed by atoms with van der Waals surface area (Å²) in [6, 6.07) is 9.47. The molecular formula is C18H24N2O3. The van der Waals surface area contributed by atoms with Gasteiger partial charge in [-0.3, -0.25) is 4.79 Å². The predicted molar refractivity (Wildman–Crippen MR) is 88.5 cm³/mol. The Morgan fingerprint density at radius 2 is 2.00 bits per heavy atom. The lowest BCUT2D eigenvalue weighted by molar-refractivity contribution is -0.138. The minimum Gasteiger partial charge on any atom is -0.463 e. The number of carbonyl (C=O) groups is 2. The zero-order chi connectivity index (χ0) is 16.8. The van der Waals surface area contributed by atoms with Crippen LogP contribution in [-0.4, -0.2) is 30.6 Å². The lowest BCUT2D eigenvalue weighted by Crippen LogP contribution is -2.53. The van der Waals surface area contributed by atoms with Crippen LogP contribution in [-0.2, 0) is 20.7 Å². The lowest BCUT2D eigenvalue weighted by Gasteiger charge is -2.35. The average Bonchev–Trinajstić information content (AvgIpc) is 2.51. The van der Waals surface area contributed by atoms with Crippen molar-refractivity contribution in [3.63, 3.8) is 0 Å². The van der Waals surface area contributed by atoms with Gasteiger partial charge in [0.05, 0.1) is 12.6 Å². The molecule has 0 radical (unpaired) electrons. The Kier molecular flexibility index (Phi) is 5.93. The molecule has 0 saturated carbocycles. The molecule has 1 aliphatic rings. The van der Waals surface area contributed by atoms with E-state index in [0.717, 1.165) is 5.56 Å². The number of esters is 1. The monoisotopic (exact) mass is 316 g/mol. The maximum Gasteiger partial charge on any atom is 0.333 e.